The van der Waals surface area contributed by atoms with Crippen molar-refractivity contribution in [2.75, 3.05) is 0 Å². The molecule has 0 bridgehead atoms. The van der Waals surface area contributed by atoms with Crippen LogP contribution in [0.15, 0.2) is 84.5 Å². The molecule has 0 spiro atoms. The summed E-state index contributed by atoms with van der Waals surface area (Å²) >= 11 is 0. The average Bonchev–Trinajstić information content (AvgIpc) is 3.08. The van der Waals surface area contributed by atoms with Crippen molar-refractivity contribution in [2.24, 2.45) is 0 Å². The van der Waals surface area contributed by atoms with E-state index in [1.807, 2.05) is 0 Å². The molecule has 0 nitrogen and oxygen atoms in total. The van der Waals surface area contributed by atoms with E-state index in [9.17, 15) is 0 Å². The minimum atomic E-state index is 1.08. The SMILES string of the molecule is CC1=C(c2ccc(-c3cccc(-c4ccc(C)cc4)c3)cc2C)C=CC1. The molecule has 0 N–H and O–H groups in total. The van der Waals surface area contributed by atoms with Gasteiger partial charge >= 0.3 is 0 Å². The van der Waals surface area contributed by atoms with Gasteiger partial charge in [0.1, 0.15) is 0 Å². The van der Waals surface area contributed by atoms with Crippen LogP contribution in [0.4, 0.5) is 0 Å². The Morgan fingerprint density at radius 3 is 1.96 bits per heavy atom. The molecule has 0 fully saturated rings. The lowest BCUT2D eigenvalue weighted by Gasteiger charge is -2.11. The van der Waals surface area contributed by atoms with Crippen molar-refractivity contribution in [3.63, 3.8) is 0 Å². The highest BCUT2D eigenvalue weighted by Crippen LogP contribution is 2.33. The second-order valence-corrected chi connectivity index (χ2v) is 7.28. The highest BCUT2D eigenvalue weighted by atomic mass is 14.2. The fraction of sp³-hybridized carbons (Fsp3) is 0.154. The van der Waals surface area contributed by atoms with Crippen LogP contribution in [0.2, 0.25) is 0 Å². The second kappa shape index (κ2) is 6.80. The van der Waals surface area contributed by atoms with Gasteiger partial charge in [-0.25, -0.2) is 0 Å². The summed E-state index contributed by atoms with van der Waals surface area (Å²) in [5.74, 6) is 0. The molecule has 0 heteroatoms. The Morgan fingerprint density at radius 2 is 1.31 bits per heavy atom. The molecule has 0 amide bonds. The molecule has 3 aromatic carbocycles. The van der Waals surface area contributed by atoms with E-state index in [2.05, 4.69) is 99.7 Å². The van der Waals surface area contributed by atoms with Crippen LogP contribution in [0, 0.1) is 13.8 Å². The molecule has 0 unspecified atom stereocenters. The Labute approximate surface area is 156 Å². The minimum Gasteiger partial charge on any atom is -0.0798 e. The summed E-state index contributed by atoms with van der Waals surface area (Å²) in [6.07, 6.45) is 5.59. The summed E-state index contributed by atoms with van der Waals surface area (Å²) in [5, 5.41) is 0. The maximum atomic E-state index is 2.32. The minimum absolute atomic E-state index is 1.08. The van der Waals surface area contributed by atoms with Crippen LogP contribution in [-0.2, 0) is 0 Å². The van der Waals surface area contributed by atoms with Crippen LogP contribution in [-0.4, -0.2) is 0 Å². The van der Waals surface area contributed by atoms with E-state index in [0.29, 0.717) is 0 Å². The standard InChI is InChI=1S/C26H24/c1-18-10-12-21(13-11-18)22-7-5-8-23(17-22)24-14-15-26(20(3)16-24)25-9-4-6-19(25)2/h4-5,7-17H,6H2,1-3H3. The number of aryl methyl sites for hydroxylation is 2. The molecule has 1 aliphatic carbocycles. The fourth-order valence-corrected chi connectivity index (χ4v) is 3.70. The van der Waals surface area contributed by atoms with Gasteiger partial charge in [-0.3, -0.25) is 0 Å². The fourth-order valence-electron chi connectivity index (χ4n) is 3.70. The van der Waals surface area contributed by atoms with E-state index in [-0.39, 0.29) is 0 Å². The number of allylic oxidation sites excluding steroid dienone is 4. The molecule has 0 radical (unpaired) electrons. The van der Waals surface area contributed by atoms with E-state index in [1.165, 1.54) is 50.1 Å². The van der Waals surface area contributed by atoms with Crippen LogP contribution < -0.4 is 0 Å². The van der Waals surface area contributed by atoms with Crippen LogP contribution in [0.1, 0.15) is 30.0 Å². The maximum Gasteiger partial charge on any atom is -0.0129 e. The maximum absolute atomic E-state index is 2.32. The average molecular weight is 336 g/mol. The molecule has 4 rings (SSSR count). The van der Waals surface area contributed by atoms with Crippen molar-refractivity contribution in [3.8, 4) is 22.3 Å². The highest BCUT2D eigenvalue weighted by Gasteiger charge is 2.11. The van der Waals surface area contributed by atoms with Crippen LogP contribution in [0.3, 0.4) is 0 Å². The van der Waals surface area contributed by atoms with E-state index in [0.717, 1.165) is 6.42 Å². The molecule has 128 valence electrons. The van der Waals surface area contributed by atoms with Crippen molar-refractivity contribution in [3.05, 3.63) is 101 Å². The summed E-state index contributed by atoms with van der Waals surface area (Å²) in [7, 11) is 0. The number of hydrogen-bond donors (Lipinski definition) is 0. The third-order valence-electron chi connectivity index (χ3n) is 5.27. The van der Waals surface area contributed by atoms with Crippen molar-refractivity contribution in [1.82, 2.24) is 0 Å². The van der Waals surface area contributed by atoms with Gasteiger partial charge in [-0.1, -0.05) is 84.0 Å². The van der Waals surface area contributed by atoms with Gasteiger partial charge in [0.05, 0.1) is 0 Å². The second-order valence-electron chi connectivity index (χ2n) is 7.28. The molecule has 0 saturated heterocycles. The first-order valence-corrected chi connectivity index (χ1v) is 9.26. The predicted molar refractivity (Wildman–Crippen MR) is 113 cm³/mol. The van der Waals surface area contributed by atoms with Crippen LogP contribution in [0.5, 0.6) is 0 Å². The third-order valence-corrected chi connectivity index (χ3v) is 5.27. The lowest BCUT2D eigenvalue weighted by Crippen LogP contribution is -1.89. The molecule has 3 aromatic rings. The third kappa shape index (κ3) is 3.15. The molecule has 26 heavy (non-hydrogen) atoms. The quantitative estimate of drug-likeness (QED) is 0.468. The van der Waals surface area contributed by atoms with E-state index in [1.54, 1.807) is 0 Å². The largest absolute Gasteiger partial charge is 0.0798 e. The van der Waals surface area contributed by atoms with Crippen LogP contribution in [0.25, 0.3) is 27.8 Å². The predicted octanol–water partition coefficient (Wildman–Crippen LogP) is 7.37. The molecule has 0 heterocycles. The molecule has 0 aliphatic heterocycles. The first-order valence-electron chi connectivity index (χ1n) is 9.26. The molecule has 0 aromatic heterocycles. The van der Waals surface area contributed by atoms with Crippen molar-refractivity contribution < 1.29 is 0 Å². The Hall–Kier alpha value is -2.86. The summed E-state index contributed by atoms with van der Waals surface area (Å²) < 4.78 is 0. The molecular weight excluding hydrogens is 312 g/mol. The first-order chi connectivity index (χ1) is 12.6. The lowest BCUT2D eigenvalue weighted by atomic mass is 9.93. The Kier molecular flexibility index (Phi) is 4.34. The molecular formula is C26H24. The van der Waals surface area contributed by atoms with Crippen LogP contribution >= 0.6 is 0 Å². The van der Waals surface area contributed by atoms with Gasteiger partial charge in [-0.15, -0.1) is 0 Å². The number of hydrogen-bond acceptors (Lipinski definition) is 0. The van der Waals surface area contributed by atoms with Crippen molar-refractivity contribution >= 4 is 5.57 Å². The van der Waals surface area contributed by atoms with Gasteiger partial charge in [0.15, 0.2) is 0 Å². The number of rotatable bonds is 3. The van der Waals surface area contributed by atoms with Gasteiger partial charge in [0, 0.05) is 0 Å². The number of benzene rings is 3. The van der Waals surface area contributed by atoms with Gasteiger partial charge in [-0.2, -0.15) is 0 Å². The molecule has 0 saturated carbocycles. The van der Waals surface area contributed by atoms with E-state index in [4.69, 9.17) is 0 Å². The van der Waals surface area contributed by atoms with E-state index >= 15 is 0 Å². The van der Waals surface area contributed by atoms with Crippen molar-refractivity contribution in [1.29, 1.82) is 0 Å². The smallest absolute Gasteiger partial charge is 0.0129 e. The van der Waals surface area contributed by atoms with E-state index < -0.39 is 0 Å². The van der Waals surface area contributed by atoms with Gasteiger partial charge < -0.3 is 0 Å². The van der Waals surface area contributed by atoms with Crippen molar-refractivity contribution in [2.45, 2.75) is 27.2 Å². The highest BCUT2D eigenvalue weighted by molar-refractivity contribution is 5.82. The normalized spacial score (nSPS) is 13.5. The summed E-state index contributed by atoms with van der Waals surface area (Å²) in [5.41, 5.74) is 11.9. The Balaban J connectivity index is 1.71. The Morgan fingerprint density at radius 1 is 0.654 bits per heavy atom. The zero-order chi connectivity index (χ0) is 18.1. The van der Waals surface area contributed by atoms with Gasteiger partial charge in [0.25, 0.3) is 0 Å². The Bertz CT molecular complexity index is 1010. The first kappa shape index (κ1) is 16.6. The monoisotopic (exact) mass is 336 g/mol. The molecule has 0 atom stereocenters. The van der Waals surface area contributed by atoms with Gasteiger partial charge in [0.2, 0.25) is 0 Å². The summed E-state index contributed by atoms with van der Waals surface area (Å²) in [4.78, 5) is 0. The topological polar surface area (TPSA) is 0 Å². The zero-order valence-corrected chi connectivity index (χ0v) is 15.7. The lowest BCUT2D eigenvalue weighted by molar-refractivity contribution is 1.25. The summed E-state index contributed by atoms with van der Waals surface area (Å²) in [6.45, 7) is 6.57. The van der Waals surface area contributed by atoms with Gasteiger partial charge in [-0.05, 0) is 72.2 Å². The summed E-state index contributed by atoms with van der Waals surface area (Å²) in [6, 6.07) is 24.4. The molecule has 1 aliphatic rings. The zero-order valence-electron chi connectivity index (χ0n) is 15.7.